The summed E-state index contributed by atoms with van der Waals surface area (Å²) >= 11 is 8.69. The average Bonchev–Trinajstić information content (AvgIpc) is 3.38. The van der Waals surface area contributed by atoms with Crippen LogP contribution in [-0.4, -0.2) is 43.5 Å². The summed E-state index contributed by atoms with van der Waals surface area (Å²) in [5.41, 5.74) is 2.13. The Kier molecular flexibility index (Phi) is 7.87. The Bertz CT molecular complexity index is 1580. The van der Waals surface area contributed by atoms with Crippen molar-refractivity contribution in [2.75, 3.05) is 11.9 Å². The monoisotopic (exact) mass is 571 g/mol. The van der Waals surface area contributed by atoms with Gasteiger partial charge in [-0.3, -0.25) is 9.59 Å². The summed E-state index contributed by atoms with van der Waals surface area (Å²) in [7, 11) is 0. The van der Waals surface area contributed by atoms with Gasteiger partial charge in [0, 0.05) is 9.90 Å². The number of aromatic amines is 1. The van der Waals surface area contributed by atoms with E-state index in [1.807, 2.05) is 6.07 Å². The number of hydrogen-bond acceptors (Lipinski definition) is 8. The number of thioether (sulfide) groups is 1. The number of halogens is 1. The molecule has 0 fully saturated rings. The van der Waals surface area contributed by atoms with Crippen molar-refractivity contribution >= 4 is 62.6 Å². The van der Waals surface area contributed by atoms with Crippen LogP contribution in [-0.2, 0) is 22.4 Å². The van der Waals surface area contributed by atoms with Crippen LogP contribution in [0.4, 0.5) is 5.00 Å². The third-order valence-corrected chi connectivity index (χ3v) is 8.69. The van der Waals surface area contributed by atoms with Crippen molar-refractivity contribution in [2.24, 2.45) is 0 Å². The second-order valence-corrected chi connectivity index (χ2v) is 11.8. The van der Waals surface area contributed by atoms with E-state index >= 15 is 0 Å². The smallest absolute Gasteiger partial charge is 0.341 e. The molecule has 9 nitrogen and oxygen atoms in total. The van der Waals surface area contributed by atoms with Crippen molar-refractivity contribution < 1.29 is 14.3 Å². The Labute approximate surface area is 231 Å². The van der Waals surface area contributed by atoms with E-state index in [-0.39, 0.29) is 23.2 Å². The highest BCUT2D eigenvalue weighted by Crippen LogP contribution is 2.38. The van der Waals surface area contributed by atoms with Gasteiger partial charge in [0.2, 0.25) is 5.91 Å². The highest BCUT2D eigenvalue weighted by molar-refractivity contribution is 8.00. The molecule has 0 saturated carbocycles. The van der Waals surface area contributed by atoms with Crippen molar-refractivity contribution in [1.82, 2.24) is 19.7 Å². The van der Waals surface area contributed by atoms with E-state index in [1.165, 1.54) is 22.2 Å². The number of nitrogens with zero attached hydrogens (tertiary/aromatic N) is 3. The van der Waals surface area contributed by atoms with Gasteiger partial charge >= 0.3 is 5.97 Å². The van der Waals surface area contributed by atoms with Gasteiger partial charge < -0.3 is 15.0 Å². The number of aryl methyl sites for hydroxylation is 1. The van der Waals surface area contributed by atoms with Gasteiger partial charge in [-0.1, -0.05) is 35.9 Å². The molecule has 0 spiro atoms. The number of H-pyrrole nitrogens is 1. The lowest BCUT2D eigenvalue weighted by atomic mass is 10.1. The number of ether oxygens (including phenoxy) is 1. The van der Waals surface area contributed by atoms with Crippen LogP contribution in [0.5, 0.6) is 0 Å². The number of carbonyl (C=O) groups is 2. The minimum Gasteiger partial charge on any atom is -0.462 e. The number of nitrogens with one attached hydrogen (secondary N) is 2. The van der Waals surface area contributed by atoms with Crippen LogP contribution in [0.2, 0.25) is 5.02 Å². The average molecular weight is 572 g/mol. The molecular formula is C26H26ClN5O4S2. The largest absolute Gasteiger partial charge is 0.462 e. The molecule has 1 aliphatic carbocycles. The fourth-order valence-electron chi connectivity index (χ4n) is 4.44. The maximum atomic E-state index is 13.2. The third-order valence-electron chi connectivity index (χ3n) is 6.26. The highest BCUT2D eigenvalue weighted by atomic mass is 35.5. The van der Waals surface area contributed by atoms with Crippen molar-refractivity contribution in [3.05, 3.63) is 61.8 Å². The van der Waals surface area contributed by atoms with E-state index in [2.05, 4.69) is 20.4 Å². The molecule has 2 N–H and O–H groups in total. The Morgan fingerprint density at radius 1 is 1.29 bits per heavy atom. The molecule has 0 radical (unpaired) electrons. The van der Waals surface area contributed by atoms with Gasteiger partial charge in [-0.05, 0) is 63.3 Å². The van der Waals surface area contributed by atoms with Crippen LogP contribution in [0.15, 0.2) is 40.4 Å². The molecule has 0 aliphatic heterocycles. The molecule has 1 atom stereocenters. The van der Waals surface area contributed by atoms with Crippen molar-refractivity contribution in [3.8, 4) is 5.69 Å². The topological polar surface area (TPSA) is 119 Å². The summed E-state index contributed by atoms with van der Waals surface area (Å²) in [6.07, 6.45) is 6.31. The first-order chi connectivity index (χ1) is 18.4. The third kappa shape index (κ3) is 5.36. The second kappa shape index (κ2) is 11.3. The van der Waals surface area contributed by atoms with Gasteiger partial charge in [0.1, 0.15) is 10.4 Å². The lowest BCUT2D eigenvalue weighted by molar-refractivity contribution is -0.115. The highest BCUT2D eigenvalue weighted by Gasteiger charge is 2.28. The molecule has 1 amide bonds. The van der Waals surface area contributed by atoms with Crippen molar-refractivity contribution in [3.63, 3.8) is 0 Å². The summed E-state index contributed by atoms with van der Waals surface area (Å²) in [6.45, 7) is 3.75. The zero-order valence-electron chi connectivity index (χ0n) is 20.9. The minimum absolute atomic E-state index is 0.260. The summed E-state index contributed by atoms with van der Waals surface area (Å²) in [5.74, 6) is -0.712. The van der Waals surface area contributed by atoms with E-state index in [0.29, 0.717) is 32.3 Å². The molecule has 198 valence electrons. The second-order valence-electron chi connectivity index (χ2n) is 8.88. The Hall–Kier alpha value is -3.15. The van der Waals surface area contributed by atoms with Crippen LogP contribution in [0.1, 0.15) is 53.9 Å². The number of benzene rings is 1. The van der Waals surface area contributed by atoms with E-state index in [9.17, 15) is 14.4 Å². The van der Waals surface area contributed by atoms with Crippen molar-refractivity contribution in [1.29, 1.82) is 0 Å². The normalized spacial score (nSPS) is 14.1. The standard InChI is InChI=1S/C26H26ClN5O4S2/c1-3-36-25(35)20-17-10-5-4-6-11-19(17)38-24(20)30-22(33)14(2)37-26-29-21-18(23(34)31-26)13-28-32(21)16-9-7-8-15(27)12-16/h7-9,12-14H,3-6,10-11H2,1-2H3,(H,30,33)(H,29,31,34). The van der Waals surface area contributed by atoms with Crippen LogP contribution < -0.4 is 10.9 Å². The SMILES string of the molecule is CCOC(=O)c1c(NC(=O)C(C)Sc2nc3c(cnn3-c3cccc(Cl)c3)c(=O)[nH]2)sc2c1CCCCC2. The molecule has 1 aliphatic rings. The Morgan fingerprint density at radius 3 is 2.89 bits per heavy atom. The lowest BCUT2D eigenvalue weighted by Gasteiger charge is -2.12. The maximum Gasteiger partial charge on any atom is 0.341 e. The fourth-order valence-corrected chi connectivity index (χ4v) is 6.69. The van der Waals surface area contributed by atoms with E-state index < -0.39 is 11.2 Å². The fraction of sp³-hybridized carbons (Fsp3) is 0.346. The number of aromatic nitrogens is 4. The maximum absolute atomic E-state index is 13.2. The van der Waals surface area contributed by atoms with Gasteiger partial charge in [-0.2, -0.15) is 5.10 Å². The molecule has 0 bridgehead atoms. The van der Waals surface area contributed by atoms with E-state index in [4.69, 9.17) is 16.3 Å². The molecule has 1 aromatic carbocycles. The number of fused-ring (bicyclic) bond motifs is 2. The molecular weight excluding hydrogens is 546 g/mol. The van der Waals surface area contributed by atoms with Crippen LogP contribution in [0.3, 0.4) is 0 Å². The number of anilines is 1. The van der Waals surface area contributed by atoms with E-state index in [1.54, 1.807) is 32.0 Å². The Morgan fingerprint density at radius 2 is 2.11 bits per heavy atom. The van der Waals surface area contributed by atoms with Crippen LogP contribution in [0.25, 0.3) is 16.7 Å². The molecule has 0 saturated heterocycles. The molecule has 12 heteroatoms. The first-order valence-corrected chi connectivity index (χ1v) is 14.5. The Balaban J connectivity index is 1.40. The number of rotatable bonds is 7. The first-order valence-electron chi connectivity index (χ1n) is 12.4. The summed E-state index contributed by atoms with van der Waals surface area (Å²) in [4.78, 5) is 47.2. The minimum atomic E-state index is -0.616. The summed E-state index contributed by atoms with van der Waals surface area (Å²) in [5, 5.41) is 8.28. The number of carbonyl (C=O) groups excluding carboxylic acids is 2. The zero-order chi connectivity index (χ0) is 26.8. The van der Waals surface area contributed by atoms with Crippen LogP contribution >= 0.6 is 34.7 Å². The zero-order valence-corrected chi connectivity index (χ0v) is 23.3. The van der Waals surface area contributed by atoms with Gasteiger partial charge in [0.15, 0.2) is 10.8 Å². The predicted octanol–water partition coefficient (Wildman–Crippen LogP) is 5.39. The van der Waals surface area contributed by atoms with Gasteiger partial charge in [-0.25, -0.2) is 14.5 Å². The quantitative estimate of drug-likeness (QED) is 0.132. The van der Waals surface area contributed by atoms with Crippen LogP contribution in [0, 0.1) is 0 Å². The molecule has 38 heavy (non-hydrogen) atoms. The number of hydrogen-bond donors (Lipinski definition) is 2. The number of amides is 1. The molecule has 1 unspecified atom stereocenters. The molecule has 3 aromatic heterocycles. The predicted molar refractivity (Wildman–Crippen MR) is 150 cm³/mol. The summed E-state index contributed by atoms with van der Waals surface area (Å²) < 4.78 is 6.86. The first kappa shape index (κ1) is 26.5. The van der Waals surface area contributed by atoms with E-state index in [0.717, 1.165) is 54.3 Å². The summed E-state index contributed by atoms with van der Waals surface area (Å²) in [6, 6.07) is 7.07. The molecule has 3 heterocycles. The molecule has 4 aromatic rings. The lowest BCUT2D eigenvalue weighted by Crippen LogP contribution is -2.24. The van der Waals surface area contributed by atoms with Crippen molar-refractivity contribution in [2.45, 2.75) is 56.4 Å². The number of esters is 1. The van der Waals surface area contributed by atoms with Gasteiger partial charge in [0.05, 0.1) is 29.3 Å². The van der Waals surface area contributed by atoms with Gasteiger partial charge in [-0.15, -0.1) is 11.3 Å². The van der Waals surface area contributed by atoms with Gasteiger partial charge in [0.25, 0.3) is 5.56 Å². The number of thiophene rings is 1. The molecule has 5 rings (SSSR count).